The van der Waals surface area contributed by atoms with Gasteiger partial charge in [-0.1, -0.05) is 12.8 Å². The summed E-state index contributed by atoms with van der Waals surface area (Å²) in [5, 5.41) is 24.3. The van der Waals surface area contributed by atoms with Crippen molar-refractivity contribution in [2.75, 3.05) is 10.6 Å². The van der Waals surface area contributed by atoms with Crippen LogP contribution in [0.1, 0.15) is 36.2 Å². The van der Waals surface area contributed by atoms with Crippen LogP contribution < -0.4 is 22.1 Å². The van der Waals surface area contributed by atoms with E-state index >= 15 is 0 Å². The second-order valence-electron chi connectivity index (χ2n) is 8.68. The fourth-order valence-corrected chi connectivity index (χ4v) is 4.35. The second kappa shape index (κ2) is 8.71. The van der Waals surface area contributed by atoms with E-state index in [4.69, 9.17) is 11.5 Å². The first-order chi connectivity index (χ1) is 16.4. The number of nitrogens with two attached hydrogens (primary N) is 2. The number of amides is 1. The standard InChI is InChI=1S/C22H27N11O/c1-32-10-13(9-25-32)12-7-17(14-11-33(2)31-18(14)8-12)26-21-19(20(24)34)29-30-22(28-21)27-16-6-4-3-5-15(16)23/h7-11,15-16H,3-6,23H2,1-2H3,(H2,24,34)(H2,26,27,28,30)/t15-,16+/m0/s1. The van der Waals surface area contributed by atoms with Crippen molar-refractivity contribution in [2.45, 2.75) is 37.8 Å². The number of benzene rings is 1. The fraction of sp³-hybridized carbons (Fsp3) is 0.364. The molecule has 1 aliphatic rings. The average Bonchev–Trinajstić information content (AvgIpc) is 3.40. The van der Waals surface area contributed by atoms with Crippen molar-refractivity contribution in [1.29, 1.82) is 0 Å². The number of carbonyl (C=O) groups is 1. The smallest absolute Gasteiger partial charge is 0.273 e. The Hall–Kier alpha value is -4.06. The van der Waals surface area contributed by atoms with Crippen LogP contribution in [0.5, 0.6) is 0 Å². The molecule has 3 heterocycles. The molecule has 3 aromatic heterocycles. The van der Waals surface area contributed by atoms with Crippen LogP contribution >= 0.6 is 0 Å². The van der Waals surface area contributed by atoms with Crippen LogP contribution in [0.15, 0.2) is 30.7 Å². The number of nitrogens with zero attached hydrogens (tertiary/aromatic N) is 7. The summed E-state index contributed by atoms with van der Waals surface area (Å²) in [4.78, 5) is 16.6. The minimum atomic E-state index is -0.728. The Morgan fingerprint density at radius 2 is 1.91 bits per heavy atom. The molecule has 0 radical (unpaired) electrons. The summed E-state index contributed by atoms with van der Waals surface area (Å²) < 4.78 is 3.46. The molecule has 0 unspecified atom stereocenters. The molecule has 176 valence electrons. The molecule has 0 aliphatic heterocycles. The van der Waals surface area contributed by atoms with E-state index in [9.17, 15) is 4.79 Å². The van der Waals surface area contributed by atoms with Crippen molar-refractivity contribution >= 4 is 34.3 Å². The minimum Gasteiger partial charge on any atom is -0.364 e. The molecule has 0 bridgehead atoms. The van der Waals surface area contributed by atoms with E-state index in [0.717, 1.165) is 47.7 Å². The highest BCUT2D eigenvalue weighted by Gasteiger charge is 2.24. The molecule has 1 aliphatic carbocycles. The molecule has 0 saturated heterocycles. The van der Waals surface area contributed by atoms with Gasteiger partial charge in [0.2, 0.25) is 5.95 Å². The Bertz CT molecular complexity index is 1360. The van der Waals surface area contributed by atoms with Crippen LogP contribution in [-0.2, 0) is 14.1 Å². The third-order valence-corrected chi connectivity index (χ3v) is 6.08. The predicted octanol–water partition coefficient (Wildman–Crippen LogP) is 1.68. The van der Waals surface area contributed by atoms with E-state index in [2.05, 4.69) is 36.0 Å². The number of primary amides is 1. The number of aromatic nitrogens is 7. The summed E-state index contributed by atoms with van der Waals surface area (Å²) in [6, 6.07) is 4.00. The molecule has 12 nitrogen and oxygen atoms in total. The van der Waals surface area contributed by atoms with Crippen molar-refractivity contribution < 1.29 is 4.79 Å². The topological polar surface area (TPSA) is 167 Å². The molecule has 0 spiro atoms. The van der Waals surface area contributed by atoms with E-state index in [1.54, 1.807) is 15.6 Å². The van der Waals surface area contributed by atoms with Crippen molar-refractivity contribution in [2.24, 2.45) is 25.6 Å². The van der Waals surface area contributed by atoms with Gasteiger partial charge >= 0.3 is 0 Å². The highest BCUT2D eigenvalue weighted by atomic mass is 16.1. The summed E-state index contributed by atoms with van der Waals surface area (Å²) in [5.74, 6) is -0.224. The first-order valence-electron chi connectivity index (χ1n) is 11.2. The van der Waals surface area contributed by atoms with Gasteiger partial charge in [-0.05, 0) is 30.5 Å². The third kappa shape index (κ3) is 4.27. The van der Waals surface area contributed by atoms with Crippen molar-refractivity contribution in [3.63, 3.8) is 0 Å². The zero-order chi connectivity index (χ0) is 23.8. The van der Waals surface area contributed by atoms with Gasteiger partial charge in [-0.3, -0.25) is 14.2 Å². The summed E-state index contributed by atoms with van der Waals surface area (Å²) in [6.07, 6.45) is 9.66. The Labute approximate surface area is 195 Å². The lowest BCUT2D eigenvalue weighted by Gasteiger charge is -2.29. The maximum absolute atomic E-state index is 12.1. The Balaban J connectivity index is 1.54. The monoisotopic (exact) mass is 461 g/mol. The van der Waals surface area contributed by atoms with Gasteiger partial charge in [-0.15, -0.1) is 10.2 Å². The molecule has 1 amide bonds. The first kappa shape index (κ1) is 21.8. The fourth-order valence-electron chi connectivity index (χ4n) is 4.35. The lowest BCUT2D eigenvalue weighted by Crippen LogP contribution is -2.43. The third-order valence-electron chi connectivity index (χ3n) is 6.08. The summed E-state index contributed by atoms with van der Waals surface area (Å²) in [7, 11) is 3.71. The van der Waals surface area contributed by atoms with Crippen LogP contribution in [0.2, 0.25) is 0 Å². The van der Waals surface area contributed by atoms with Gasteiger partial charge in [0.1, 0.15) is 0 Å². The number of anilines is 3. The molecule has 4 aromatic rings. The van der Waals surface area contributed by atoms with Crippen LogP contribution in [-0.4, -0.2) is 52.7 Å². The Morgan fingerprint density at radius 1 is 1.09 bits per heavy atom. The second-order valence-corrected chi connectivity index (χ2v) is 8.68. The molecule has 34 heavy (non-hydrogen) atoms. The van der Waals surface area contributed by atoms with Crippen molar-refractivity contribution in [3.05, 3.63) is 36.4 Å². The maximum atomic E-state index is 12.1. The van der Waals surface area contributed by atoms with Gasteiger partial charge in [0.05, 0.1) is 17.4 Å². The minimum absolute atomic E-state index is 0.00996. The van der Waals surface area contributed by atoms with Crippen LogP contribution in [0.4, 0.5) is 17.5 Å². The van der Waals surface area contributed by atoms with Gasteiger partial charge in [0, 0.05) is 49.5 Å². The van der Waals surface area contributed by atoms with E-state index in [-0.39, 0.29) is 23.6 Å². The SMILES string of the molecule is Cn1cc(-c2cc(Nc3nc(N[C@@H]4CCCC[C@@H]4N)nnc3C(N)=O)c3cn(C)nc3c2)cn1. The molecule has 1 saturated carbocycles. The van der Waals surface area contributed by atoms with Crippen LogP contribution in [0, 0.1) is 0 Å². The number of nitrogens with one attached hydrogen (secondary N) is 2. The summed E-state index contributed by atoms with van der Waals surface area (Å²) >= 11 is 0. The van der Waals surface area contributed by atoms with Crippen molar-refractivity contribution in [1.82, 2.24) is 34.7 Å². The normalized spacial score (nSPS) is 18.2. The van der Waals surface area contributed by atoms with Gasteiger partial charge in [-0.25, -0.2) is 0 Å². The quantitative estimate of drug-likeness (QED) is 0.334. The summed E-state index contributed by atoms with van der Waals surface area (Å²) in [5.41, 5.74) is 15.1. The zero-order valence-electron chi connectivity index (χ0n) is 19.1. The van der Waals surface area contributed by atoms with E-state index in [0.29, 0.717) is 11.6 Å². The molecule has 5 rings (SSSR count). The Kier molecular flexibility index (Phi) is 5.57. The van der Waals surface area contributed by atoms with Gasteiger partial charge in [0.15, 0.2) is 11.5 Å². The average molecular weight is 462 g/mol. The van der Waals surface area contributed by atoms with Crippen molar-refractivity contribution in [3.8, 4) is 11.1 Å². The molecular weight excluding hydrogens is 434 g/mol. The molecule has 12 heteroatoms. The zero-order valence-corrected chi connectivity index (χ0v) is 19.1. The number of carbonyl (C=O) groups excluding carboxylic acids is 1. The number of aryl methyl sites for hydroxylation is 2. The number of hydrogen-bond acceptors (Lipinski definition) is 9. The van der Waals surface area contributed by atoms with E-state index in [1.165, 1.54) is 0 Å². The lowest BCUT2D eigenvalue weighted by atomic mass is 9.91. The largest absolute Gasteiger partial charge is 0.364 e. The van der Waals surface area contributed by atoms with Gasteiger partial charge < -0.3 is 22.1 Å². The predicted molar refractivity (Wildman–Crippen MR) is 128 cm³/mol. The van der Waals surface area contributed by atoms with Gasteiger partial charge in [0.25, 0.3) is 5.91 Å². The van der Waals surface area contributed by atoms with Crippen LogP contribution in [0.3, 0.4) is 0 Å². The van der Waals surface area contributed by atoms with Crippen LogP contribution in [0.25, 0.3) is 22.0 Å². The molecular formula is C22H27N11O. The summed E-state index contributed by atoms with van der Waals surface area (Å²) in [6.45, 7) is 0. The highest BCUT2D eigenvalue weighted by Crippen LogP contribution is 2.32. The van der Waals surface area contributed by atoms with Gasteiger partial charge in [-0.2, -0.15) is 15.2 Å². The number of hydrogen-bond donors (Lipinski definition) is 4. The highest BCUT2D eigenvalue weighted by molar-refractivity contribution is 6.00. The molecule has 6 N–H and O–H groups in total. The van der Waals surface area contributed by atoms with E-state index < -0.39 is 5.91 Å². The van der Waals surface area contributed by atoms with E-state index in [1.807, 2.05) is 38.6 Å². The molecule has 1 aromatic carbocycles. The molecule has 1 fully saturated rings. The Morgan fingerprint density at radius 3 is 2.65 bits per heavy atom. The molecule has 2 atom stereocenters. The first-order valence-corrected chi connectivity index (χ1v) is 11.2. The maximum Gasteiger partial charge on any atom is 0.273 e. The number of rotatable bonds is 6. The number of fused-ring (bicyclic) bond motifs is 1. The lowest BCUT2D eigenvalue weighted by molar-refractivity contribution is 0.0995.